The Hall–Kier alpha value is -0.156. The number of nitrogens with zero attached hydrogens (tertiary/aromatic N) is 1. The lowest BCUT2D eigenvalue weighted by atomic mass is 10.3. The number of rotatable bonds is 7. The summed E-state index contributed by atoms with van der Waals surface area (Å²) >= 11 is 0. The Morgan fingerprint density at radius 2 is 1.39 bits per heavy atom. The second kappa shape index (κ2) is 7.44. The first-order valence-corrected chi connectivity index (χ1v) is 14.6. The van der Waals surface area contributed by atoms with Gasteiger partial charge in [0.2, 0.25) is 0 Å². The van der Waals surface area contributed by atoms with Gasteiger partial charge in [-0.2, -0.15) is 0 Å². The number of allylic oxidation sites excluding steroid dienone is 2. The Labute approximate surface area is 117 Å². The van der Waals surface area contributed by atoms with Crippen molar-refractivity contribution in [2.75, 3.05) is 0 Å². The summed E-state index contributed by atoms with van der Waals surface area (Å²) in [6, 6.07) is 3.13. The van der Waals surface area contributed by atoms with E-state index in [2.05, 4.69) is 70.4 Å². The van der Waals surface area contributed by atoms with Crippen LogP contribution in [0.2, 0.25) is 51.4 Å². The summed E-state index contributed by atoms with van der Waals surface area (Å²) in [6.07, 6.45) is 5.55. The monoisotopic (exact) mass is 283 g/mol. The fourth-order valence-corrected chi connectivity index (χ4v) is 5.57. The average Bonchev–Trinajstić information content (AvgIpc) is 2.06. The summed E-state index contributed by atoms with van der Waals surface area (Å²) < 4.78 is 0. The van der Waals surface area contributed by atoms with Crippen molar-refractivity contribution < 1.29 is 0 Å². The van der Waals surface area contributed by atoms with Crippen molar-refractivity contribution in [3.63, 3.8) is 0 Å². The molecule has 0 aliphatic carbocycles. The molecule has 0 aromatic carbocycles. The van der Waals surface area contributed by atoms with Crippen LogP contribution in [0.15, 0.2) is 16.6 Å². The smallest absolute Gasteiger partial charge is 0.0483 e. The molecule has 0 fully saturated rings. The van der Waals surface area contributed by atoms with Crippen molar-refractivity contribution in [3.05, 3.63) is 11.6 Å². The molecule has 0 atom stereocenters. The predicted molar refractivity (Wildman–Crippen MR) is 92.6 cm³/mol. The highest BCUT2D eigenvalue weighted by atomic mass is 28.3. The van der Waals surface area contributed by atoms with Gasteiger partial charge in [0.15, 0.2) is 0 Å². The number of aliphatic imine (C=N–C) groups is 1. The molecule has 0 aromatic heterocycles. The minimum absolute atomic E-state index is 0.427. The number of hydrogen-bond donors (Lipinski definition) is 0. The Balaban J connectivity index is 4.60. The normalized spacial score (nSPS) is 13.4. The Morgan fingerprint density at radius 3 is 1.72 bits per heavy atom. The van der Waals surface area contributed by atoms with Crippen molar-refractivity contribution in [2.24, 2.45) is 4.99 Å². The van der Waals surface area contributed by atoms with Crippen LogP contribution >= 0.6 is 0 Å². The zero-order chi connectivity index (χ0) is 14.4. The Bertz CT molecular complexity index is 273. The standard InChI is InChI=1S/C15H33NSi2/c1-14(2)16-11-9-10-15(12-17(3,4)5)13-18(6,7)8/h10-11,14H,9,12-13H2,1-8H3. The third-order valence-electron chi connectivity index (χ3n) is 2.43. The highest BCUT2D eigenvalue weighted by Crippen LogP contribution is 2.25. The maximum Gasteiger partial charge on any atom is 0.0483 e. The molecule has 0 N–H and O–H groups in total. The minimum Gasteiger partial charge on any atom is -0.294 e. The molecule has 0 heterocycles. The lowest BCUT2D eigenvalue weighted by molar-refractivity contribution is 0.838. The van der Waals surface area contributed by atoms with Crippen molar-refractivity contribution >= 4 is 22.4 Å². The van der Waals surface area contributed by atoms with Gasteiger partial charge in [-0.05, 0) is 25.9 Å². The van der Waals surface area contributed by atoms with Crippen LogP contribution < -0.4 is 0 Å². The first-order chi connectivity index (χ1) is 7.99. The van der Waals surface area contributed by atoms with E-state index >= 15 is 0 Å². The van der Waals surface area contributed by atoms with E-state index in [0.29, 0.717) is 6.04 Å². The SMILES string of the molecule is CC(C)N=CCC=C(C[Si](C)(C)C)C[Si](C)(C)C. The molecule has 0 unspecified atom stereocenters. The lowest BCUT2D eigenvalue weighted by Crippen LogP contribution is -2.25. The molecule has 0 saturated carbocycles. The molecule has 18 heavy (non-hydrogen) atoms. The summed E-state index contributed by atoms with van der Waals surface area (Å²) in [7, 11) is -1.99. The molecule has 0 aromatic rings. The molecule has 3 heteroatoms. The fourth-order valence-electron chi connectivity index (χ4n) is 2.06. The molecule has 106 valence electrons. The van der Waals surface area contributed by atoms with E-state index < -0.39 is 16.1 Å². The second-order valence-corrected chi connectivity index (χ2v) is 18.9. The zero-order valence-electron chi connectivity index (χ0n) is 13.8. The topological polar surface area (TPSA) is 12.4 Å². The summed E-state index contributed by atoms with van der Waals surface area (Å²) in [5.74, 6) is 0. The van der Waals surface area contributed by atoms with Gasteiger partial charge in [0, 0.05) is 34.8 Å². The van der Waals surface area contributed by atoms with Crippen LogP contribution in [-0.4, -0.2) is 28.4 Å². The lowest BCUT2D eigenvalue weighted by Gasteiger charge is -2.23. The van der Waals surface area contributed by atoms with Gasteiger partial charge in [-0.3, -0.25) is 4.99 Å². The third-order valence-corrected chi connectivity index (χ3v) is 5.46. The van der Waals surface area contributed by atoms with Crippen molar-refractivity contribution in [2.45, 2.75) is 77.7 Å². The van der Waals surface area contributed by atoms with Crippen molar-refractivity contribution in [1.82, 2.24) is 0 Å². The molecular weight excluding hydrogens is 250 g/mol. The maximum atomic E-state index is 4.44. The van der Waals surface area contributed by atoms with Crippen LogP contribution in [0.3, 0.4) is 0 Å². The summed E-state index contributed by atoms with van der Waals surface area (Å²) in [5, 5.41) is 0. The van der Waals surface area contributed by atoms with Crippen molar-refractivity contribution in [3.8, 4) is 0 Å². The summed E-state index contributed by atoms with van der Waals surface area (Å²) in [5.41, 5.74) is 1.70. The van der Waals surface area contributed by atoms with E-state index in [9.17, 15) is 0 Å². The van der Waals surface area contributed by atoms with E-state index in [0.717, 1.165) is 6.42 Å². The van der Waals surface area contributed by atoms with E-state index in [4.69, 9.17) is 0 Å². The third kappa shape index (κ3) is 12.3. The Morgan fingerprint density at radius 1 is 0.944 bits per heavy atom. The first-order valence-electron chi connectivity index (χ1n) is 7.19. The van der Waals surface area contributed by atoms with Crippen LogP contribution in [0.4, 0.5) is 0 Å². The molecule has 0 bridgehead atoms. The van der Waals surface area contributed by atoms with Gasteiger partial charge in [0.05, 0.1) is 0 Å². The van der Waals surface area contributed by atoms with Gasteiger partial charge in [-0.25, -0.2) is 0 Å². The van der Waals surface area contributed by atoms with Crippen LogP contribution in [0.5, 0.6) is 0 Å². The Kier molecular flexibility index (Phi) is 7.37. The highest BCUT2D eigenvalue weighted by molar-refractivity contribution is 6.78. The van der Waals surface area contributed by atoms with E-state index in [1.165, 1.54) is 12.1 Å². The largest absolute Gasteiger partial charge is 0.294 e. The molecule has 0 saturated heterocycles. The maximum absolute atomic E-state index is 4.44. The summed E-state index contributed by atoms with van der Waals surface area (Å²) in [6.45, 7) is 19.1. The fraction of sp³-hybridized carbons (Fsp3) is 0.800. The van der Waals surface area contributed by atoms with Crippen LogP contribution in [0, 0.1) is 0 Å². The van der Waals surface area contributed by atoms with Gasteiger partial charge in [-0.1, -0.05) is 50.9 Å². The second-order valence-electron chi connectivity index (χ2n) is 8.00. The highest BCUT2D eigenvalue weighted by Gasteiger charge is 2.20. The molecule has 0 aliphatic rings. The van der Waals surface area contributed by atoms with Gasteiger partial charge in [0.1, 0.15) is 0 Å². The van der Waals surface area contributed by atoms with Gasteiger partial charge in [-0.15, -0.1) is 0 Å². The average molecular weight is 284 g/mol. The van der Waals surface area contributed by atoms with E-state index in [1.54, 1.807) is 5.57 Å². The van der Waals surface area contributed by atoms with Gasteiger partial charge >= 0.3 is 0 Å². The molecule has 0 amide bonds. The molecule has 0 rings (SSSR count). The predicted octanol–water partition coefficient (Wildman–Crippen LogP) is 5.46. The van der Waals surface area contributed by atoms with E-state index in [1.807, 2.05) is 0 Å². The quantitative estimate of drug-likeness (QED) is 0.334. The van der Waals surface area contributed by atoms with E-state index in [-0.39, 0.29) is 0 Å². The first kappa shape index (κ1) is 17.8. The van der Waals surface area contributed by atoms with Gasteiger partial charge in [0.25, 0.3) is 0 Å². The zero-order valence-corrected chi connectivity index (χ0v) is 15.8. The van der Waals surface area contributed by atoms with Gasteiger partial charge < -0.3 is 0 Å². The molecule has 1 nitrogen and oxygen atoms in total. The number of hydrogen-bond acceptors (Lipinski definition) is 1. The molecule has 0 radical (unpaired) electrons. The van der Waals surface area contributed by atoms with Crippen LogP contribution in [0.25, 0.3) is 0 Å². The summed E-state index contributed by atoms with van der Waals surface area (Å²) in [4.78, 5) is 4.44. The van der Waals surface area contributed by atoms with Crippen molar-refractivity contribution in [1.29, 1.82) is 0 Å². The van der Waals surface area contributed by atoms with Crippen LogP contribution in [0.1, 0.15) is 20.3 Å². The molecule has 0 spiro atoms. The molecule has 0 aliphatic heterocycles. The van der Waals surface area contributed by atoms with Crippen LogP contribution in [-0.2, 0) is 0 Å². The minimum atomic E-state index is -0.993. The molecular formula is C15H33NSi2.